The molecule has 0 aliphatic carbocycles. The monoisotopic (exact) mass is 487 g/mol. The summed E-state index contributed by atoms with van der Waals surface area (Å²) in [6, 6.07) is 25.4. The SMILES string of the molecule is C=CCc1ccccc1OCCOc1cccc(/C=C2\SC(=S)N(Cc3ccccc3)C2=O)c1. The van der Waals surface area contributed by atoms with Crippen LogP contribution in [0.2, 0.25) is 0 Å². The van der Waals surface area contributed by atoms with E-state index < -0.39 is 0 Å². The van der Waals surface area contributed by atoms with Crippen LogP contribution in [0.1, 0.15) is 16.7 Å². The number of thioether (sulfide) groups is 1. The molecule has 1 heterocycles. The number of rotatable bonds is 10. The highest BCUT2D eigenvalue weighted by Crippen LogP contribution is 2.34. The Morgan fingerprint density at radius 2 is 1.71 bits per heavy atom. The number of nitrogens with zero attached hydrogens (tertiary/aromatic N) is 1. The normalized spacial score (nSPS) is 14.5. The maximum Gasteiger partial charge on any atom is 0.266 e. The molecule has 172 valence electrons. The van der Waals surface area contributed by atoms with Gasteiger partial charge in [0.25, 0.3) is 5.91 Å². The first-order chi connectivity index (χ1) is 16.6. The predicted molar refractivity (Wildman–Crippen MR) is 143 cm³/mol. The third-order valence-electron chi connectivity index (χ3n) is 5.16. The second-order valence-corrected chi connectivity index (χ2v) is 9.30. The van der Waals surface area contributed by atoms with Crippen molar-refractivity contribution in [2.24, 2.45) is 0 Å². The summed E-state index contributed by atoms with van der Waals surface area (Å²) in [5, 5.41) is 0. The number of para-hydroxylation sites is 1. The summed E-state index contributed by atoms with van der Waals surface area (Å²) in [4.78, 5) is 15.2. The number of carbonyl (C=O) groups is 1. The number of allylic oxidation sites excluding steroid dienone is 1. The molecule has 1 amide bonds. The Morgan fingerprint density at radius 3 is 2.53 bits per heavy atom. The number of ether oxygens (including phenoxy) is 2. The third-order valence-corrected chi connectivity index (χ3v) is 6.54. The van der Waals surface area contributed by atoms with Crippen molar-refractivity contribution in [3.63, 3.8) is 0 Å². The minimum absolute atomic E-state index is 0.0724. The van der Waals surface area contributed by atoms with Gasteiger partial charge in [0.2, 0.25) is 0 Å². The van der Waals surface area contributed by atoms with Gasteiger partial charge in [-0.15, -0.1) is 6.58 Å². The number of carbonyl (C=O) groups excluding carboxylic acids is 1. The molecule has 0 aromatic heterocycles. The van der Waals surface area contributed by atoms with Gasteiger partial charge in [-0.25, -0.2) is 0 Å². The first kappa shape index (κ1) is 23.8. The molecule has 0 atom stereocenters. The zero-order valence-corrected chi connectivity index (χ0v) is 20.3. The molecule has 1 saturated heterocycles. The molecule has 6 heteroatoms. The van der Waals surface area contributed by atoms with Crippen molar-refractivity contribution >= 4 is 40.3 Å². The molecule has 4 rings (SSSR count). The van der Waals surface area contributed by atoms with E-state index in [1.54, 1.807) is 4.90 Å². The summed E-state index contributed by atoms with van der Waals surface area (Å²) in [5.74, 6) is 1.49. The number of amides is 1. The summed E-state index contributed by atoms with van der Waals surface area (Å²) in [7, 11) is 0. The second kappa shape index (κ2) is 11.7. The van der Waals surface area contributed by atoms with Crippen LogP contribution in [0.15, 0.2) is 96.4 Å². The molecule has 1 fully saturated rings. The lowest BCUT2D eigenvalue weighted by Crippen LogP contribution is -2.27. The van der Waals surface area contributed by atoms with Gasteiger partial charge in [0, 0.05) is 0 Å². The summed E-state index contributed by atoms with van der Waals surface area (Å²) in [6.45, 7) is 5.10. The highest BCUT2D eigenvalue weighted by molar-refractivity contribution is 8.26. The lowest BCUT2D eigenvalue weighted by atomic mass is 10.1. The highest BCUT2D eigenvalue weighted by atomic mass is 32.2. The zero-order chi connectivity index (χ0) is 23.8. The second-order valence-electron chi connectivity index (χ2n) is 7.62. The van der Waals surface area contributed by atoms with Gasteiger partial charge in [0.1, 0.15) is 29.0 Å². The topological polar surface area (TPSA) is 38.8 Å². The van der Waals surface area contributed by atoms with Crippen molar-refractivity contribution in [2.45, 2.75) is 13.0 Å². The summed E-state index contributed by atoms with van der Waals surface area (Å²) in [6.07, 6.45) is 4.48. The highest BCUT2D eigenvalue weighted by Gasteiger charge is 2.31. The molecule has 3 aromatic carbocycles. The van der Waals surface area contributed by atoms with Gasteiger partial charge in [0.15, 0.2) is 0 Å². The van der Waals surface area contributed by atoms with E-state index in [1.165, 1.54) is 11.8 Å². The molecular formula is C28H25NO3S2. The van der Waals surface area contributed by atoms with Gasteiger partial charge in [-0.05, 0) is 47.4 Å². The van der Waals surface area contributed by atoms with Gasteiger partial charge < -0.3 is 9.47 Å². The largest absolute Gasteiger partial charge is 0.490 e. The lowest BCUT2D eigenvalue weighted by Gasteiger charge is -2.14. The first-order valence-corrected chi connectivity index (χ1v) is 12.2. The Balaban J connectivity index is 1.35. The number of hydrogen-bond donors (Lipinski definition) is 0. The summed E-state index contributed by atoms with van der Waals surface area (Å²) >= 11 is 6.78. The van der Waals surface area contributed by atoms with Gasteiger partial charge in [-0.2, -0.15) is 0 Å². The van der Waals surface area contributed by atoms with Crippen LogP contribution in [0.3, 0.4) is 0 Å². The quantitative estimate of drug-likeness (QED) is 0.146. The zero-order valence-electron chi connectivity index (χ0n) is 18.7. The molecule has 4 nitrogen and oxygen atoms in total. The maximum atomic E-state index is 12.9. The summed E-state index contributed by atoms with van der Waals surface area (Å²) < 4.78 is 12.3. The first-order valence-electron chi connectivity index (χ1n) is 11.0. The van der Waals surface area contributed by atoms with Crippen LogP contribution in [0.5, 0.6) is 11.5 Å². The van der Waals surface area contributed by atoms with E-state index in [1.807, 2.05) is 91.0 Å². The Morgan fingerprint density at radius 1 is 0.941 bits per heavy atom. The van der Waals surface area contributed by atoms with Gasteiger partial charge in [0.05, 0.1) is 11.4 Å². The number of hydrogen-bond acceptors (Lipinski definition) is 5. The minimum Gasteiger partial charge on any atom is -0.490 e. The Kier molecular flexibility index (Phi) is 8.17. The molecular weight excluding hydrogens is 462 g/mol. The van der Waals surface area contributed by atoms with Gasteiger partial charge in [-0.1, -0.05) is 90.7 Å². The van der Waals surface area contributed by atoms with Crippen molar-refractivity contribution in [1.82, 2.24) is 4.90 Å². The fourth-order valence-electron chi connectivity index (χ4n) is 3.53. The molecule has 0 radical (unpaired) electrons. The minimum atomic E-state index is -0.0724. The molecule has 1 aliphatic rings. The van der Waals surface area contributed by atoms with Crippen molar-refractivity contribution < 1.29 is 14.3 Å². The number of thiocarbonyl (C=S) groups is 1. The van der Waals surface area contributed by atoms with E-state index in [0.717, 1.165) is 34.6 Å². The van der Waals surface area contributed by atoms with Gasteiger partial charge in [-0.3, -0.25) is 9.69 Å². The van der Waals surface area contributed by atoms with Crippen LogP contribution in [0.25, 0.3) is 6.08 Å². The van der Waals surface area contributed by atoms with Crippen LogP contribution in [-0.4, -0.2) is 28.3 Å². The van der Waals surface area contributed by atoms with Crippen molar-refractivity contribution in [3.05, 3.63) is 113 Å². The van der Waals surface area contributed by atoms with E-state index in [4.69, 9.17) is 21.7 Å². The lowest BCUT2D eigenvalue weighted by molar-refractivity contribution is -0.122. The number of benzene rings is 3. The van der Waals surface area contributed by atoms with E-state index in [0.29, 0.717) is 29.0 Å². The van der Waals surface area contributed by atoms with Crippen LogP contribution in [0.4, 0.5) is 0 Å². The molecule has 0 bridgehead atoms. The third kappa shape index (κ3) is 6.16. The predicted octanol–water partition coefficient (Wildman–Crippen LogP) is 6.27. The van der Waals surface area contributed by atoms with Crippen LogP contribution >= 0.6 is 24.0 Å². The maximum absolute atomic E-state index is 12.9. The van der Waals surface area contributed by atoms with Crippen molar-refractivity contribution in [1.29, 1.82) is 0 Å². The Labute approximate surface area is 209 Å². The van der Waals surface area contributed by atoms with Crippen LogP contribution in [-0.2, 0) is 17.8 Å². The Bertz CT molecular complexity index is 1210. The smallest absolute Gasteiger partial charge is 0.266 e. The van der Waals surface area contributed by atoms with E-state index in [9.17, 15) is 4.79 Å². The molecule has 3 aromatic rings. The molecule has 34 heavy (non-hydrogen) atoms. The van der Waals surface area contributed by atoms with E-state index in [2.05, 4.69) is 6.58 Å². The van der Waals surface area contributed by atoms with Crippen LogP contribution < -0.4 is 9.47 Å². The van der Waals surface area contributed by atoms with Crippen LogP contribution in [0, 0.1) is 0 Å². The molecule has 1 aliphatic heterocycles. The van der Waals surface area contributed by atoms with E-state index in [-0.39, 0.29) is 5.91 Å². The summed E-state index contributed by atoms with van der Waals surface area (Å²) in [5.41, 5.74) is 3.03. The molecule has 0 spiro atoms. The standard InChI is InChI=1S/C28H25NO3S2/c1-2-9-23-13-6-7-15-25(23)32-17-16-31-24-14-8-12-22(18-24)19-26-27(30)29(28(33)34-26)20-21-10-4-3-5-11-21/h2-8,10-15,18-19H,1,9,16-17,20H2/b26-19-. The van der Waals surface area contributed by atoms with Crippen molar-refractivity contribution in [3.8, 4) is 11.5 Å². The van der Waals surface area contributed by atoms with Crippen molar-refractivity contribution in [2.75, 3.05) is 13.2 Å². The Hall–Kier alpha value is -3.35. The molecule has 0 saturated carbocycles. The molecule has 0 unspecified atom stereocenters. The van der Waals surface area contributed by atoms with E-state index >= 15 is 0 Å². The molecule has 0 N–H and O–H groups in total. The average Bonchev–Trinajstić information content (AvgIpc) is 3.11. The fourth-order valence-corrected chi connectivity index (χ4v) is 4.78. The average molecular weight is 488 g/mol. The fraction of sp³-hybridized carbons (Fsp3) is 0.143. The van der Waals surface area contributed by atoms with Gasteiger partial charge >= 0.3 is 0 Å².